The van der Waals surface area contributed by atoms with E-state index in [9.17, 15) is 22.8 Å². The number of carbonyl (C=O) groups is 2. The van der Waals surface area contributed by atoms with Gasteiger partial charge in [-0.1, -0.05) is 0 Å². The summed E-state index contributed by atoms with van der Waals surface area (Å²) in [5.41, 5.74) is 0.118. The molecule has 0 bridgehead atoms. The van der Waals surface area contributed by atoms with Crippen LogP contribution in [0.2, 0.25) is 0 Å². The highest BCUT2D eigenvalue weighted by Gasteiger charge is 2.40. The Morgan fingerprint density at radius 1 is 1.37 bits per heavy atom. The molecule has 9 heteroatoms. The molecule has 1 atom stereocenters. The summed E-state index contributed by atoms with van der Waals surface area (Å²) in [6.07, 6.45) is -4.58. The minimum Gasteiger partial charge on any atom is -0.506 e. The fraction of sp³-hybridized carbons (Fsp3) is 0.300. The lowest BCUT2D eigenvalue weighted by atomic mass is 10.1. The molecule has 0 saturated heterocycles. The lowest BCUT2D eigenvalue weighted by Gasteiger charge is -2.15. The topological polar surface area (TPSA) is 99.5 Å². The molecule has 1 rings (SSSR count). The van der Waals surface area contributed by atoms with Gasteiger partial charge in [0.15, 0.2) is 0 Å². The highest BCUT2D eigenvalue weighted by molar-refractivity contribution is 5.87. The molecular weight excluding hydrogens is 269 g/mol. The number of halogens is 3. The van der Waals surface area contributed by atoms with Gasteiger partial charge in [0.2, 0.25) is 0 Å². The minimum absolute atomic E-state index is 0.118. The zero-order valence-corrected chi connectivity index (χ0v) is 9.31. The number of aromatic nitrogens is 1. The number of amides is 1. The third-order valence-electron chi connectivity index (χ3n) is 2.08. The minimum atomic E-state index is -5.16. The van der Waals surface area contributed by atoms with Crippen LogP contribution < -0.4 is 5.32 Å². The maximum atomic E-state index is 12.0. The second-order valence-corrected chi connectivity index (χ2v) is 3.57. The van der Waals surface area contributed by atoms with Crippen LogP contribution in [0.15, 0.2) is 18.3 Å². The summed E-state index contributed by atoms with van der Waals surface area (Å²) < 4.78 is 36.0. The number of pyridine rings is 1. The molecule has 0 spiro atoms. The van der Waals surface area contributed by atoms with Gasteiger partial charge in [-0.2, -0.15) is 13.2 Å². The van der Waals surface area contributed by atoms with E-state index < -0.39 is 30.5 Å². The van der Waals surface area contributed by atoms with Crippen LogP contribution in [-0.2, 0) is 16.0 Å². The van der Waals surface area contributed by atoms with E-state index in [1.165, 1.54) is 17.4 Å². The number of nitrogens with zero attached hydrogens (tertiary/aromatic N) is 1. The van der Waals surface area contributed by atoms with Crippen molar-refractivity contribution in [3.63, 3.8) is 0 Å². The molecule has 0 aliphatic rings. The van der Waals surface area contributed by atoms with Crippen molar-refractivity contribution in [2.75, 3.05) is 0 Å². The standard InChI is InChI=1S/C10H9F3N2O4/c11-10(12,13)9(19)15-7(8(17)18)3-5-1-2-6(16)4-14-5/h1-2,4,7,16H,3H2,(H,15,19)(H,17,18). The van der Waals surface area contributed by atoms with Crippen LogP contribution in [0, 0.1) is 0 Å². The van der Waals surface area contributed by atoms with Crippen LogP contribution in [-0.4, -0.2) is 39.3 Å². The molecule has 0 aromatic carbocycles. The van der Waals surface area contributed by atoms with Crippen molar-refractivity contribution in [2.24, 2.45) is 0 Å². The van der Waals surface area contributed by atoms with Gasteiger partial charge in [-0.15, -0.1) is 0 Å². The van der Waals surface area contributed by atoms with Crippen molar-refractivity contribution in [1.82, 2.24) is 10.3 Å². The molecule has 0 fully saturated rings. The smallest absolute Gasteiger partial charge is 0.471 e. The predicted octanol–water partition coefficient (Wildman–Crippen LogP) is 0.461. The molecule has 1 heterocycles. The summed E-state index contributed by atoms with van der Waals surface area (Å²) in [6, 6.07) is 0.684. The van der Waals surface area contributed by atoms with E-state index in [2.05, 4.69) is 4.98 Å². The second kappa shape index (κ2) is 5.55. The second-order valence-electron chi connectivity index (χ2n) is 3.57. The van der Waals surface area contributed by atoms with Crippen molar-refractivity contribution in [3.8, 4) is 5.75 Å². The van der Waals surface area contributed by atoms with E-state index in [-0.39, 0.29) is 11.4 Å². The first-order valence-corrected chi connectivity index (χ1v) is 4.94. The summed E-state index contributed by atoms with van der Waals surface area (Å²) >= 11 is 0. The van der Waals surface area contributed by atoms with Crippen LogP contribution in [0.5, 0.6) is 5.75 Å². The Labute approximate surface area is 104 Å². The molecule has 104 valence electrons. The van der Waals surface area contributed by atoms with Gasteiger partial charge in [0.1, 0.15) is 11.8 Å². The number of alkyl halides is 3. The van der Waals surface area contributed by atoms with Crippen molar-refractivity contribution < 1.29 is 33.0 Å². The average Bonchev–Trinajstić information content (AvgIpc) is 2.29. The monoisotopic (exact) mass is 278 g/mol. The molecule has 0 saturated carbocycles. The number of carbonyl (C=O) groups excluding carboxylic acids is 1. The van der Waals surface area contributed by atoms with E-state index in [4.69, 9.17) is 10.2 Å². The Kier molecular flexibility index (Phi) is 4.30. The first-order chi connectivity index (χ1) is 8.70. The van der Waals surface area contributed by atoms with Crippen LogP contribution in [0.25, 0.3) is 0 Å². The maximum Gasteiger partial charge on any atom is 0.471 e. The van der Waals surface area contributed by atoms with Crippen LogP contribution in [0.4, 0.5) is 13.2 Å². The zero-order chi connectivity index (χ0) is 14.6. The Morgan fingerprint density at radius 2 is 2.00 bits per heavy atom. The van der Waals surface area contributed by atoms with E-state index in [0.717, 1.165) is 6.20 Å². The Balaban J connectivity index is 2.77. The summed E-state index contributed by atoms with van der Waals surface area (Å²) in [5.74, 6) is -4.12. The average molecular weight is 278 g/mol. The van der Waals surface area contributed by atoms with Crippen molar-refractivity contribution in [1.29, 1.82) is 0 Å². The van der Waals surface area contributed by atoms with E-state index in [1.54, 1.807) is 0 Å². The molecule has 1 amide bonds. The lowest BCUT2D eigenvalue weighted by Crippen LogP contribution is -2.48. The first-order valence-electron chi connectivity index (χ1n) is 4.94. The normalized spacial score (nSPS) is 12.8. The number of carboxylic acids is 1. The molecule has 0 aliphatic heterocycles. The van der Waals surface area contributed by atoms with Gasteiger partial charge in [0.05, 0.1) is 6.20 Å². The Morgan fingerprint density at radius 3 is 2.42 bits per heavy atom. The number of aliphatic carboxylic acids is 1. The van der Waals surface area contributed by atoms with Gasteiger partial charge in [-0.3, -0.25) is 9.78 Å². The largest absolute Gasteiger partial charge is 0.506 e. The molecule has 1 aromatic rings. The summed E-state index contributed by atoms with van der Waals surface area (Å²) in [6.45, 7) is 0. The third kappa shape index (κ3) is 4.45. The molecule has 19 heavy (non-hydrogen) atoms. The number of hydrogen-bond acceptors (Lipinski definition) is 4. The first kappa shape index (κ1) is 14.7. The number of rotatable bonds is 4. The van der Waals surface area contributed by atoms with Gasteiger partial charge in [-0.05, 0) is 12.1 Å². The Hall–Kier alpha value is -2.32. The molecule has 0 radical (unpaired) electrons. The van der Waals surface area contributed by atoms with Crippen molar-refractivity contribution in [3.05, 3.63) is 24.0 Å². The molecule has 6 nitrogen and oxygen atoms in total. The van der Waals surface area contributed by atoms with Crippen LogP contribution in [0.3, 0.4) is 0 Å². The SMILES string of the molecule is O=C(O)C(Cc1ccc(O)cn1)NC(=O)C(F)(F)F. The zero-order valence-electron chi connectivity index (χ0n) is 9.31. The summed E-state index contributed by atoms with van der Waals surface area (Å²) in [7, 11) is 0. The fourth-order valence-corrected chi connectivity index (χ4v) is 1.19. The number of carboxylic acid groups (broad SMARTS) is 1. The van der Waals surface area contributed by atoms with Gasteiger partial charge < -0.3 is 15.5 Å². The van der Waals surface area contributed by atoms with E-state index in [0.29, 0.717) is 0 Å². The third-order valence-corrected chi connectivity index (χ3v) is 2.08. The number of aromatic hydroxyl groups is 1. The Bertz CT molecular complexity index is 473. The van der Waals surface area contributed by atoms with E-state index >= 15 is 0 Å². The maximum absolute atomic E-state index is 12.0. The number of nitrogens with one attached hydrogen (secondary N) is 1. The fourth-order valence-electron chi connectivity index (χ4n) is 1.19. The van der Waals surface area contributed by atoms with Gasteiger partial charge >= 0.3 is 18.1 Å². The molecule has 1 aromatic heterocycles. The van der Waals surface area contributed by atoms with Gasteiger partial charge in [-0.25, -0.2) is 4.79 Å². The number of hydrogen-bond donors (Lipinski definition) is 3. The van der Waals surface area contributed by atoms with Gasteiger partial charge in [0, 0.05) is 12.1 Å². The summed E-state index contributed by atoms with van der Waals surface area (Å²) in [4.78, 5) is 25.1. The highest BCUT2D eigenvalue weighted by atomic mass is 19.4. The predicted molar refractivity (Wildman–Crippen MR) is 55.2 cm³/mol. The lowest BCUT2D eigenvalue weighted by molar-refractivity contribution is -0.175. The van der Waals surface area contributed by atoms with E-state index in [1.807, 2.05) is 0 Å². The quantitative estimate of drug-likeness (QED) is 0.743. The van der Waals surface area contributed by atoms with Crippen LogP contribution in [0.1, 0.15) is 5.69 Å². The van der Waals surface area contributed by atoms with Gasteiger partial charge in [0.25, 0.3) is 0 Å². The molecular formula is C10H9F3N2O4. The highest BCUT2D eigenvalue weighted by Crippen LogP contribution is 2.15. The van der Waals surface area contributed by atoms with Crippen LogP contribution >= 0.6 is 0 Å². The molecule has 0 aliphatic carbocycles. The molecule has 1 unspecified atom stereocenters. The molecule has 3 N–H and O–H groups in total. The van der Waals surface area contributed by atoms with Crippen molar-refractivity contribution >= 4 is 11.9 Å². The van der Waals surface area contributed by atoms with Crippen molar-refractivity contribution in [2.45, 2.75) is 18.6 Å². The summed E-state index contributed by atoms with van der Waals surface area (Å²) in [5, 5.41) is 19.1.